The minimum atomic E-state index is -4.50. The number of thiazole rings is 1. The van der Waals surface area contributed by atoms with Crippen molar-refractivity contribution in [3.8, 4) is 22.6 Å². The maximum Gasteiger partial charge on any atom is 0.416 e. The molecule has 8 nitrogen and oxygen atoms in total. The van der Waals surface area contributed by atoms with Crippen LogP contribution >= 0.6 is 23.7 Å². The third-order valence-electron chi connectivity index (χ3n) is 4.42. The lowest BCUT2D eigenvalue weighted by molar-refractivity contribution is -0.384. The number of hydrogen-bond donors (Lipinski definition) is 2. The summed E-state index contributed by atoms with van der Waals surface area (Å²) in [7, 11) is 0. The summed E-state index contributed by atoms with van der Waals surface area (Å²) in [6.07, 6.45) is -2.99. The van der Waals surface area contributed by atoms with Crippen LogP contribution < -0.4 is 5.32 Å². The minimum absolute atomic E-state index is 0. The highest BCUT2D eigenvalue weighted by molar-refractivity contribution is 7.13. The second kappa shape index (κ2) is 9.38. The summed E-state index contributed by atoms with van der Waals surface area (Å²) in [5, 5.41) is 15.5. The molecule has 0 unspecified atom stereocenters. The number of alkyl halides is 3. The lowest BCUT2D eigenvalue weighted by Crippen LogP contribution is -2.13. The molecule has 2 aromatic heterocycles. The van der Waals surface area contributed by atoms with Crippen LogP contribution in [0.4, 0.5) is 24.0 Å². The highest BCUT2D eigenvalue weighted by Gasteiger charge is 2.30. The Morgan fingerprint density at radius 2 is 1.70 bits per heavy atom. The number of benzene rings is 2. The number of rotatable bonds is 5. The van der Waals surface area contributed by atoms with Crippen molar-refractivity contribution in [3.63, 3.8) is 0 Å². The van der Waals surface area contributed by atoms with Gasteiger partial charge in [0.05, 0.1) is 10.5 Å². The number of carbonyl (C=O) groups excluding carboxylic acids is 1. The Kier molecular flexibility index (Phi) is 6.79. The molecule has 0 saturated carbocycles. The van der Waals surface area contributed by atoms with Gasteiger partial charge in [0.15, 0.2) is 5.13 Å². The molecule has 0 aliphatic rings. The van der Waals surface area contributed by atoms with Crippen molar-refractivity contribution < 1.29 is 22.9 Å². The van der Waals surface area contributed by atoms with E-state index in [1.807, 2.05) is 0 Å². The highest BCUT2D eigenvalue weighted by Crippen LogP contribution is 2.32. The third-order valence-corrected chi connectivity index (χ3v) is 5.11. The first-order valence-corrected chi connectivity index (χ1v) is 9.83. The van der Waals surface area contributed by atoms with Crippen LogP contribution in [0.3, 0.4) is 0 Å². The van der Waals surface area contributed by atoms with Gasteiger partial charge in [-0.3, -0.25) is 20.2 Å². The number of hydrogen-bond acceptors (Lipinski definition) is 6. The summed E-state index contributed by atoms with van der Waals surface area (Å²) in [6, 6.07) is 9.72. The summed E-state index contributed by atoms with van der Waals surface area (Å²) in [4.78, 5) is 34.4. The summed E-state index contributed by atoms with van der Waals surface area (Å²) in [5.74, 6) is -0.366. The average Bonchev–Trinajstić information content (AvgIpc) is 3.43. The number of amides is 1. The fourth-order valence-corrected chi connectivity index (χ4v) is 3.41. The molecule has 13 heteroatoms. The first kappa shape index (κ1) is 23.9. The molecule has 2 heterocycles. The highest BCUT2D eigenvalue weighted by atomic mass is 35.5. The zero-order chi connectivity index (χ0) is 22.9. The molecule has 0 aliphatic carbocycles. The van der Waals surface area contributed by atoms with E-state index in [0.717, 1.165) is 12.1 Å². The Labute approximate surface area is 194 Å². The van der Waals surface area contributed by atoms with Crippen LogP contribution in [0.5, 0.6) is 0 Å². The van der Waals surface area contributed by atoms with Crippen LogP contribution in [-0.4, -0.2) is 25.8 Å². The molecule has 0 spiro atoms. The average molecular weight is 496 g/mol. The predicted octanol–water partition coefficient (Wildman–Crippen LogP) is 5.80. The topological polar surface area (TPSA) is 114 Å². The van der Waals surface area contributed by atoms with Crippen molar-refractivity contribution >= 4 is 40.5 Å². The van der Waals surface area contributed by atoms with E-state index in [9.17, 15) is 28.1 Å². The Hall–Kier alpha value is -3.77. The van der Waals surface area contributed by atoms with Crippen molar-refractivity contribution in [2.75, 3.05) is 5.32 Å². The number of halogens is 4. The monoisotopic (exact) mass is 495 g/mol. The van der Waals surface area contributed by atoms with E-state index in [4.69, 9.17) is 0 Å². The third kappa shape index (κ3) is 5.18. The standard InChI is InChI=1S/C20H12F3N5O3S.ClH/c21-20(22,23)13-5-1-11(2-6-13)15-16(18(29)27-19-24-9-10-32-19)26-17(25-15)12-3-7-14(8-4-12)28(30)31;/h1-10H,(H,25,26)(H,24,27,29);1H. The second-order valence-corrected chi connectivity index (χ2v) is 7.37. The van der Waals surface area contributed by atoms with Crippen molar-refractivity contribution in [2.24, 2.45) is 0 Å². The van der Waals surface area contributed by atoms with Gasteiger partial charge in [0.2, 0.25) is 0 Å². The fraction of sp³-hybridized carbons (Fsp3) is 0.0500. The molecule has 0 bridgehead atoms. The van der Waals surface area contributed by atoms with E-state index in [0.29, 0.717) is 10.7 Å². The van der Waals surface area contributed by atoms with Gasteiger partial charge in [-0.1, -0.05) is 12.1 Å². The Morgan fingerprint density at radius 1 is 1.06 bits per heavy atom. The molecular weight excluding hydrogens is 483 g/mol. The van der Waals surface area contributed by atoms with Crippen LogP contribution in [0.25, 0.3) is 22.6 Å². The van der Waals surface area contributed by atoms with Gasteiger partial charge in [-0.15, -0.1) is 23.7 Å². The lowest BCUT2D eigenvalue weighted by atomic mass is 10.1. The van der Waals surface area contributed by atoms with Gasteiger partial charge in [-0.25, -0.2) is 9.97 Å². The number of anilines is 1. The Morgan fingerprint density at radius 3 is 2.24 bits per heavy atom. The first-order chi connectivity index (χ1) is 15.2. The number of H-pyrrole nitrogens is 1. The van der Waals surface area contributed by atoms with E-state index in [-0.39, 0.29) is 40.9 Å². The summed E-state index contributed by atoms with van der Waals surface area (Å²) >= 11 is 1.19. The van der Waals surface area contributed by atoms with E-state index in [2.05, 4.69) is 20.3 Å². The van der Waals surface area contributed by atoms with Crippen LogP contribution in [-0.2, 0) is 6.18 Å². The molecule has 170 valence electrons. The van der Waals surface area contributed by atoms with Gasteiger partial charge < -0.3 is 4.98 Å². The number of aromatic nitrogens is 3. The number of nitrogens with zero attached hydrogens (tertiary/aromatic N) is 3. The SMILES string of the molecule is Cl.O=C(Nc1nccs1)c1[nH]c(-c2ccc([N+](=O)[O-])cc2)nc1-c1ccc(C(F)(F)F)cc1. The molecule has 0 fully saturated rings. The smallest absolute Gasteiger partial charge is 0.333 e. The van der Waals surface area contributed by atoms with Crippen LogP contribution in [0.15, 0.2) is 60.1 Å². The Bertz CT molecular complexity index is 1270. The zero-order valence-corrected chi connectivity index (χ0v) is 17.9. The number of imidazole rings is 1. The molecule has 4 rings (SSSR count). The largest absolute Gasteiger partial charge is 0.416 e. The van der Waals surface area contributed by atoms with Gasteiger partial charge >= 0.3 is 6.18 Å². The number of nitro benzene ring substituents is 1. The van der Waals surface area contributed by atoms with Gasteiger partial charge in [0.25, 0.3) is 11.6 Å². The maximum atomic E-state index is 12.9. The fourth-order valence-electron chi connectivity index (χ4n) is 2.89. The molecule has 2 N–H and O–H groups in total. The molecule has 0 aliphatic heterocycles. The first-order valence-electron chi connectivity index (χ1n) is 8.95. The zero-order valence-electron chi connectivity index (χ0n) is 16.3. The van der Waals surface area contributed by atoms with Gasteiger partial charge in [0, 0.05) is 34.8 Å². The maximum absolute atomic E-state index is 12.9. The summed E-state index contributed by atoms with van der Waals surface area (Å²) in [6.45, 7) is 0. The molecule has 1 amide bonds. The van der Waals surface area contributed by atoms with E-state index >= 15 is 0 Å². The quantitative estimate of drug-likeness (QED) is 0.268. The van der Waals surface area contributed by atoms with Crippen molar-refractivity contribution in [2.45, 2.75) is 6.18 Å². The summed E-state index contributed by atoms with van der Waals surface area (Å²) in [5.41, 5.74) is -0.0793. The number of carbonyl (C=O) groups is 1. The van der Waals surface area contributed by atoms with Crippen molar-refractivity contribution in [1.29, 1.82) is 0 Å². The minimum Gasteiger partial charge on any atom is -0.333 e. The van der Waals surface area contributed by atoms with Crippen molar-refractivity contribution in [3.05, 3.63) is 81.5 Å². The van der Waals surface area contributed by atoms with Gasteiger partial charge in [-0.05, 0) is 24.3 Å². The van der Waals surface area contributed by atoms with Crippen LogP contribution in [0, 0.1) is 10.1 Å². The predicted molar refractivity (Wildman–Crippen MR) is 118 cm³/mol. The number of non-ortho nitro benzene ring substituents is 1. The Balaban J connectivity index is 0.00000306. The molecule has 0 saturated heterocycles. The molecule has 2 aromatic carbocycles. The molecule has 0 radical (unpaired) electrons. The number of aromatic amines is 1. The van der Waals surface area contributed by atoms with Crippen LogP contribution in [0.2, 0.25) is 0 Å². The van der Waals surface area contributed by atoms with Crippen LogP contribution in [0.1, 0.15) is 16.1 Å². The van der Waals surface area contributed by atoms with E-state index in [1.54, 1.807) is 5.38 Å². The molecule has 4 aromatic rings. The molecule has 33 heavy (non-hydrogen) atoms. The van der Waals surface area contributed by atoms with E-state index < -0.39 is 22.6 Å². The number of nitrogens with one attached hydrogen (secondary N) is 2. The van der Waals surface area contributed by atoms with Crippen molar-refractivity contribution in [1.82, 2.24) is 15.0 Å². The lowest BCUT2D eigenvalue weighted by Gasteiger charge is -2.07. The second-order valence-electron chi connectivity index (χ2n) is 6.48. The van der Waals surface area contributed by atoms with Gasteiger partial charge in [-0.2, -0.15) is 13.2 Å². The normalized spacial score (nSPS) is 11.0. The van der Waals surface area contributed by atoms with Gasteiger partial charge in [0.1, 0.15) is 17.2 Å². The molecule has 0 atom stereocenters. The van der Waals surface area contributed by atoms with E-state index in [1.165, 1.54) is 53.9 Å². The summed E-state index contributed by atoms with van der Waals surface area (Å²) < 4.78 is 38.7. The molecular formula is C20H13ClF3N5O3S. The number of nitro groups is 1.